The Kier molecular flexibility index (Phi) is 3.37. The van der Waals surface area contributed by atoms with Gasteiger partial charge in [-0.05, 0) is 44.2 Å². The first kappa shape index (κ1) is 12.9. The quantitative estimate of drug-likeness (QED) is 0.736. The summed E-state index contributed by atoms with van der Waals surface area (Å²) in [5.41, 5.74) is 9.72. The maximum atomic E-state index is 10.8. The molecule has 5 heteroatoms. The number of rotatable bonds is 3. The van der Waals surface area contributed by atoms with Gasteiger partial charge in [-0.25, -0.2) is 4.79 Å². The van der Waals surface area contributed by atoms with E-state index in [0.717, 1.165) is 17.1 Å². The van der Waals surface area contributed by atoms with E-state index in [9.17, 15) is 4.79 Å². The summed E-state index contributed by atoms with van der Waals surface area (Å²) in [5, 5.41) is 12.0. The van der Waals surface area contributed by atoms with Crippen LogP contribution < -0.4 is 11.1 Å². The summed E-state index contributed by atoms with van der Waals surface area (Å²) in [6, 6.07) is 8.41. The maximum absolute atomic E-state index is 10.8. The van der Waals surface area contributed by atoms with Crippen molar-refractivity contribution < 1.29 is 9.90 Å². The number of benzene rings is 1. The molecule has 0 radical (unpaired) electrons. The summed E-state index contributed by atoms with van der Waals surface area (Å²) in [4.78, 5) is 15.2. The third kappa shape index (κ3) is 2.82. The third-order valence-electron chi connectivity index (χ3n) is 2.79. The van der Waals surface area contributed by atoms with Gasteiger partial charge in [0.05, 0.1) is 28.3 Å². The minimum absolute atomic E-state index is 0.168. The van der Waals surface area contributed by atoms with Crippen LogP contribution in [0.2, 0.25) is 0 Å². The van der Waals surface area contributed by atoms with E-state index in [2.05, 4.69) is 10.3 Å². The molecule has 0 bridgehead atoms. The second kappa shape index (κ2) is 4.97. The normalized spacial score (nSPS) is 10.2. The molecule has 0 aliphatic carbocycles. The molecular weight excluding hydrogens is 242 g/mol. The number of anilines is 3. The van der Waals surface area contributed by atoms with Crippen LogP contribution in [-0.4, -0.2) is 16.1 Å². The first-order valence-corrected chi connectivity index (χ1v) is 5.81. The fourth-order valence-electron chi connectivity index (χ4n) is 1.77. The average molecular weight is 257 g/mol. The van der Waals surface area contributed by atoms with E-state index in [1.54, 1.807) is 6.07 Å². The molecule has 5 nitrogen and oxygen atoms in total. The van der Waals surface area contributed by atoms with Crippen molar-refractivity contribution >= 4 is 23.0 Å². The molecule has 0 aliphatic rings. The van der Waals surface area contributed by atoms with Gasteiger partial charge in [0.25, 0.3) is 0 Å². The molecule has 1 heterocycles. The van der Waals surface area contributed by atoms with Gasteiger partial charge in [0.2, 0.25) is 0 Å². The molecule has 0 fully saturated rings. The predicted molar refractivity (Wildman–Crippen MR) is 74.8 cm³/mol. The molecule has 0 atom stereocenters. The van der Waals surface area contributed by atoms with Crippen LogP contribution in [0, 0.1) is 13.8 Å². The molecule has 19 heavy (non-hydrogen) atoms. The molecule has 0 spiro atoms. The zero-order chi connectivity index (χ0) is 14.0. The van der Waals surface area contributed by atoms with Crippen LogP contribution in [0.4, 0.5) is 17.1 Å². The Hall–Kier alpha value is -2.56. The van der Waals surface area contributed by atoms with Crippen LogP contribution in [0.15, 0.2) is 30.3 Å². The van der Waals surface area contributed by atoms with Gasteiger partial charge in [0.15, 0.2) is 0 Å². The number of hydrogen-bond donors (Lipinski definition) is 3. The minimum Gasteiger partial charge on any atom is -0.478 e. The van der Waals surface area contributed by atoms with Crippen LogP contribution in [0.25, 0.3) is 0 Å². The predicted octanol–water partition coefficient (Wildman–Crippen LogP) is 2.72. The Morgan fingerprint density at radius 1 is 1.21 bits per heavy atom. The van der Waals surface area contributed by atoms with Gasteiger partial charge in [-0.2, -0.15) is 0 Å². The average Bonchev–Trinajstić information content (AvgIpc) is 2.34. The number of aryl methyl sites for hydroxylation is 2. The fraction of sp³-hybridized carbons (Fsp3) is 0.143. The van der Waals surface area contributed by atoms with E-state index in [1.165, 1.54) is 12.1 Å². The van der Waals surface area contributed by atoms with Gasteiger partial charge in [-0.1, -0.05) is 0 Å². The van der Waals surface area contributed by atoms with Crippen molar-refractivity contribution in [1.82, 2.24) is 4.98 Å². The molecule has 0 saturated heterocycles. The van der Waals surface area contributed by atoms with Crippen molar-refractivity contribution in [3.05, 3.63) is 47.3 Å². The lowest BCUT2D eigenvalue weighted by Gasteiger charge is -2.12. The largest absolute Gasteiger partial charge is 0.478 e. The number of carboxylic acid groups (broad SMARTS) is 1. The lowest BCUT2D eigenvalue weighted by atomic mass is 10.1. The molecule has 1 aromatic carbocycles. The first-order valence-electron chi connectivity index (χ1n) is 5.81. The van der Waals surface area contributed by atoms with Crippen molar-refractivity contribution in [2.75, 3.05) is 11.1 Å². The molecule has 0 aliphatic heterocycles. The Balaban J connectivity index is 2.31. The highest BCUT2D eigenvalue weighted by Crippen LogP contribution is 2.25. The summed E-state index contributed by atoms with van der Waals surface area (Å²) < 4.78 is 0. The van der Waals surface area contributed by atoms with Gasteiger partial charge in [-0.3, -0.25) is 4.98 Å². The Bertz CT molecular complexity index is 639. The number of hydrogen-bond acceptors (Lipinski definition) is 4. The Morgan fingerprint density at radius 2 is 1.89 bits per heavy atom. The zero-order valence-electron chi connectivity index (χ0n) is 10.8. The van der Waals surface area contributed by atoms with E-state index >= 15 is 0 Å². The first-order chi connectivity index (χ1) is 8.97. The number of nitrogens with zero attached hydrogens (tertiary/aromatic N) is 1. The van der Waals surface area contributed by atoms with Crippen LogP contribution in [0.5, 0.6) is 0 Å². The number of aromatic carboxylic acids is 1. The molecule has 2 rings (SSSR count). The van der Waals surface area contributed by atoms with Crippen molar-refractivity contribution in [2.24, 2.45) is 0 Å². The second-order valence-electron chi connectivity index (χ2n) is 4.32. The monoisotopic (exact) mass is 257 g/mol. The van der Waals surface area contributed by atoms with Crippen LogP contribution in [-0.2, 0) is 0 Å². The highest BCUT2D eigenvalue weighted by molar-refractivity contribution is 5.90. The SMILES string of the molecule is Cc1ccc(Nc2ccc(C(=O)O)cc2N)c(C)n1. The number of pyridine rings is 1. The van der Waals surface area contributed by atoms with E-state index < -0.39 is 5.97 Å². The number of carbonyl (C=O) groups is 1. The zero-order valence-corrected chi connectivity index (χ0v) is 10.8. The molecular formula is C14H15N3O2. The molecule has 0 amide bonds. The molecule has 1 aromatic heterocycles. The van der Waals surface area contributed by atoms with Crippen LogP contribution in [0.1, 0.15) is 21.7 Å². The summed E-state index contributed by atoms with van der Waals surface area (Å²) in [5.74, 6) is -0.994. The number of aromatic nitrogens is 1. The van der Waals surface area contributed by atoms with Crippen molar-refractivity contribution in [3.63, 3.8) is 0 Å². The van der Waals surface area contributed by atoms with Gasteiger partial charge < -0.3 is 16.2 Å². The smallest absolute Gasteiger partial charge is 0.335 e. The minimum atomic E-state index is -0.994. The lowest BCUT2D eigenvalue weighted by Crippen LogP contribution is -2.02. The summed E-state index contributed by atoms with van der Waals surface area (Å²) >= 11 is 0. The third-order valence-corrected chi connectivity index (χ3v) is 2.79. The summed E-state index contributed by atoms with van der Waals surface area (Å²) in [6.45, 7) is 3.82. The summed E-state index contributed by atoms with van der Waals surface area (Å²) in [7, 11) is 0. The molecule has 0 unspecified atom stereocenters. The van der Waals surface area contributed by atoms with Crippen LogP contribution >= 0.6 is 0 Å². The van der Waals surface area contributed by atoms with Crippen LogP contribution in [0.3, 0.4) is 0 Å². The standard InChI is InChI=1S/C14H15N3O2/c1-8-3-5-12(9(2)16-8)17-13-6-4-10(14(18)19)7-11(13)15/h3-7,17H,15H2,1-2H3,(H,18,19). The lowest BCUT2D eigenvalue weighted by molar-refractivity contribution is 0.0697. The van der Waals surface area contributed by atoms with Gasteiger partial charge in [-0.15, -0.1) is 0 Å². The van der Waals surface area contributed by atoms with Gasteiger partial charge in [0, 0.05) is 5.69 Å². The van der Waals surface area contributed by atoms with Crippen molar-refractivity contribution in [1.29, 1.82) is 0 Å². The van der Waals surface area contributed by atoms with Gasteiger partial charge in [0.1, 0.15) is 0 Å². The molecule has 98 valence electrons. The van der Waals surface area contributed by atoms with E-state index in [1.807, 2.05) is 26.0 Å². The van der Waals surface area contributed by atoms with Crippen molar-refractivity contribution in [3.8, 4) is 0 Å². The maximum Gasteiger partial charge on any atom is 0.335 e. The summed E-state index contributed by atoms with van der Waals surface area (Å²) in [6.07, 6.45) is 0. The van der Waals surface area contributed by atoms with E-state index in [0.29, 0.717) is 11.4 Å². The van der Waals surface area contributed by atoms with Crippen molar-refractivity contribution in [2.45, 2.75) is 13.8 Å². The number of nitrogens with one attached hydrogen (secondary N) is 1. The molecule has 4 N–H and O–H groups in total. The Labute approximate surface area is 111 Å². The number of nitrogen functional groups attached to an aromatic ring is 1. The second-order valence-corrected chi connectivity index (χ2v) is 4.32. The topological polar surface area (TPSA) is 88.2 Å². The fourth-order valence-corrected chi connectivity index (χ4v) is 1.77. The highest BCUT2D eigenvalue weighted by Gasteiger charge is 2.07. The van der Waals surface area contributed by atoms with Gasteiger partial charge >= 0.3 is 5.97 Å². The number of nitrogens with two attached hydrogens (primary N) is 1. The molecule has 2 aromatic rings. The Morgan fingerprint density at radius 3 is 2.47 bits per heavy atom. The van der Waals surface area contributed by atoms with E-state index in [-0.39, 0.29) is 5.56 Å². The van der Waals surface area contributed by atoms with E-state index in [4.69, 9.17) is 10.8 Å². The number of carboxylic acids is 1. The highest BCUT2D eigenvalue weighted by atomic mass is 16.4. The molecule has 0 saturated carbocycles.